The number of hydrogen-bond acceptors (Lipinski definition) is 4. The number of aromatic nitrogens is 2. The Morgan fingerprint density at radius 3 is 2.72 bits per heavy atom. The van der Waals surface area contributed by atoms with Crippen LogP contribution in [0.15, 0.2) is 42.7 Å². The molecule has 0 aliphatic heterocycles. The van der Waals surface area contributed by atoms with Crippen molar-refractivity contribution in [2.75, 3.05) is 11.9 Å². The van der Waals surface area contributed by atoms with E-state index >= 15 is 0 Å². The van der Waals surface area contributed by atoms with Gasteiger partial charge in [0.25, 0.3) is 0 Å². The van der Waals surface area contributed by atoms with Crippen molar-refractivity contribution in [1.29, 1.82) is 0 Å². The van der Waals surface area contributed by atoms with E-state index in [9.17, 15) is 4.79 Å². The molecule has 3 N–H and O–H groups in total. The Kier molecular flexibility index (Phi) is 3.86. The van der Waals surface area contributed by atoms with Gasteiger partial charge in [-0.05, 0) is 24.3 Å². The van der Waals surface area contributed by atoms with Crippen LogP contribution >= 0.6 is 0 Å². The van der Waals surface area contributed by atoms with Crippen molar-refractivity contribution in [3.8, 4) is 0 Å². The molecular formula is C13H14N4O. The van der Waals surface area contributed by atoms with Crippen LogP contribution in [-0.4, -0.2) is 22.4 Å². The second kappa shape index (κ2) is 5.77. The van der Waals surface area contributed by atoms with Crippen LogP contribution in [0, 0.1) is 0 Å². The van der Waals surface area contributed by atoms with E-state index in [0.29, 0.717) is 5.56 Å². The van der Waals surface area contributed by atoms with Crippen LogP contribution in [-0.2, 0) is 6.42 Å². The molecular weight excluding hydrogens is 228 g/mol. The summed E-state index contributed by atoms with van der Waals surface area (Å²) in [5.41, 5.74) is 6.57. The topological polar surface area (TPSA) is 80.9 Å². The Morgan fingerprint density at radius 1 is 1.22 bits per heavy atom. The molecule has 0 atom stereocenters. The number of amides is 1. The van der Waals surface area contributed by atoms with Crippen molar-refractivity contribution in [3.63, 3.8) is 0 Å². The molecule has 0 aliphatic rings. The van der Waals surface area contributed by atoms with Gasteiger partial charge in [-0.1, -0.05) is 6.07 Å². The van der Waals surface area contributed by atoms with E-state index in [1.165, 1.54) is 6.20 Å². The molecule has 2 aromatic heterocycles. The SMILES string of the molecule is NC(=O)c1ccc(NCCc2ccccn2)nc1. The summed E-state index contributed by atoms with van der Waals surface area (Å²) in [4.78, 5) is 19.2. The van der Waals surface area contributed by atoms with E-state index in [-0.39, 0.29) is 0 Å². The molecule has 0 aliphatic carbocycles. The quantitative estimate of drug-likeness (QED) is 0.826. The van der Waals surface area contributed by atoms with Gasteiger partial charge >= 0.3 is 0 Å². The zero-order chi connectivity index (χ0) is 12.8. The molecule has 18 heavy (non-hydrogen) atoms. The maximum atomic E-state index is 10.9. The fourth-order valence-corrected chi connectivity index (χ4v) is 1.51. The Morgan fingerprint density at radius 2 is 2.11 bits per heavy atom. The van der Waals surface area contributed by atoms with Crippen molar-refractivity contribution in [1.82, 2.24) is 9.97 Å². The van der Waals surface area contributed by atoms with E-state index in [0.717, 1.165) is 24.5 Å². The summed E-state index contributed by atoms with van der Waals surface area (Å²) < 4.78 is 0. The van der Waals surface area contributed by atoms with Crippen molar-refractivity contribution >= 4 is 11.7 Å². The second-order valence-electron chi connectivity index (χ2n) is 3.79. The third-order valence-electron chi connectivity index (χ3n) is 2.46. The lowest BCUT2D eigenvalue weighted by atomic mass is 10.2. The summed E-state index contributed by atoms with van der Waals surface area (Å²) in [5, 5.41) is 3.16. The fourth-order valence-electron chi connectivity index (χ4n) is 1.51. The van der Waals surface area contributed by atoms with E-state index in [1.54, 1.807) is 18.3 Å². The van der Waals surface area contributed by atoms with Crippen LogP contribution in [0.1, 0.15) is 16.1 Å². The van der Waals surface area contributed by atoms with E-state index in [2.05, 4.69) is 15.3 Å². The van der Waals surface area contributed by atoms with Gasteiger partial charge in [0.15, 0.2) is 0 Å². The van der Waals surface area contributed by atoms with Crippen LogP contribution < -0.4 is 11.1 Å². The average molecular weight is 242 g/mol. The molecule has 5 heteroatoms. The van der Waals surface area contributed by atoms with Crippen molar-refractivity contribution < 1.29 is 4.79 Å². The van der Waals surface area contributed by atoms with Gasteiger partial charge in [0.2, 0.25) is 5.91 Å². The molecule has 0 fully saturated rings. The normalized spacial score (nSPS) is 10.0. The minimum absolute atomic E-state index is 0.408. The Balaban J connectivity index is 1.85. The second-order valence-corrected chi connectivity index (χ2v) is 3.79. The van der Waals surface area contributed by atoms with Gasteiger partial charge in [-0.15, -0.1) is 0 Å². The summed E-state index contributed by atoms with van der Waals surface area (Å²) in [6.45, 7) is 0.736. The van der Waals surface area contributed by atoms with Gasteiger partial charge in [-0.25, -0.2) is 4.98 Å². The highest BCUT2D eigenvalue weighted by Gasteiger charge is 2.00. The number of primary amides is 1. The molecule has 0 spiro atoms. The van der Waals surface area contributed by atoms with Crippen molar-refractivity contribution in [2.24, 2.45) is 5.73 Å². The molecule has 2 heterocycles. The van der Waals surface area contributed by atoms with E-state index in [1.807, 2.05) is 18.2 Å². The average Bonchev–Trinajstić information content (AvgIpc) is 2.40. The largest absolute Gasteiger partial charge is 0.370 e. The maximum Gasteiger partial charge on any atom is 0.250 e. The van der Waals surface area contributed by atoms with Crippen molar-refractivity contribution in [2.45, 2.75) is 6.42 Å². The number of nitrogens with two attached hydrogens (primary N) is 1. The first kappa shape index (κ1) is 12.0. The zero-order valence-electron chi connectivity index (χ0n) is 9.84. The third kappa shape index (κ3) is 3.28. The van der Waals surface area contributed by atoms with Gasteiger partial charge in [-0.2, -0.15) is 0 Å². The summed E-state index contributed by atoms with van der Waals surface area (Å²) >= 11 is 0. The Hall–Kier alpha value is -2.43. The number of nitrogens with zero attached hydrogens (tertiary/aromatic N) is 2. The van der Waals surface area contributed by atoms with Gasteiger partial charge in [0.05, 0.1) is 5.56 Å². The predicted octanol–water partition coefficient (Wildman–Crippen LogP) is 1.23. The summed E-state index contributed by atoms with van der Waals surface area (Å²) in [5.74, 6) is 0.249. The zero-order valence-corrected chi connectivity index (χ0v) is 9.84. The van der Waals surface area contributed by atoms with Crippen LogP contribution in [0.4, 0.5) is 5.82 Å². The first-order valence-electron chi connectivity index (χ1n) is 5.65. The van der Waals surface area contributed by atoms with Crippen LogP contribution in [0.5, 0.6) is 0 Å². The minimum Gasteiger partial charge on any atom is -0.370 e. The molecule has 1 amide bonds. The Labute approximate surface area is 105 Å². The minimum atomic E-state index is -0.470. The van der Waals surface area contributed by atoms with Gasteiger partial charge < -0.3 is 11.1 Å². The summed E-state index contributed by atoms with van der Waals surface area (Å²) in [7, 11) is 0. The number of rotatable bonds is 5. The molecule has 2 aromatic rings. The number of carbonyl (C=O) groups excluding carboxylic acids is 1. The highest BCUT2D eigenvalue weighted by atomic mass is 16.1. The molecule has 0 saturated carbocycles. The third-order valence-corrected chi connectivity index (χ3v) is 2.46. The smallest absolute Gasteiger partial charge is 0.250 e. The lowest BCUT2D eigenvalue weighted by Gasteiger charge is -2.05. The first-order chi connectivity index (χ1) is 8.75. The number of nitrogens with one attached hydrogen (secondary N) is 1. The highest BCUT2D eigenvalue weighted by molar-refractivity contribution is 5.92. The molecule has 92 valence electrons. The molecule has 0 saturated heterocycles. The molecule has 0 aromatic carbocycles. The van der Waals surface area contributed by atoms with Gasteiger partial charge in [0, 0.05) is 31.1 Å². The molecule has 2 rings (SSSR count). The number of pyridine rings is 2. The lowest BCUT2D eigenvalue weighted by molar-refractivity contribution is 0.1000. The molecule has 0 bridgehead atoms. The predicted molar refractivity (Wildman–Crippen MR) is 69.2 cm³/mol. The molecule has 5 nitrogen and oxygen atoms in total. The summed E-state index contributed by atoms with van der Waals surface area (Å²) in [6.07, 6.45) is 4.06. The number of carbonyl (C=O) groups is 1. The van der Waals surface area contributed by atoms with E-state index < -0.39 is 5.91 Å². The standard InChI is InChI=1S/C13H14N4O/c14-13(18)10-4-5-12(17-9-10)16-8-6-11-3-1-2-7-15-11/h1-5,7,9H,6,8H2,(H2,14,18)(H,16,17). The fraction of sp³-hybridized carbons (Fsp3) is 0.154. The monoisotopic (exact) mass is 242 g/mol. The van der Waals surface area contributed by atoms with Gasteiger partial charge in [0.1, 0.15) is 5.82 Å². The van der Waals surface area contributed by atoms with Crippen LogP contribution in [0.3, 0.4) is 0 Å². The van der Waals surface area contributed by atoms with Gasteiger partial charge in [-0.3, -0.25) is 9.78 Å². The van der Waals surface area contributed by atoms with Crippen molar-refractivity contribution in [3.05, 3.63) is 54.0 Å². The van der Waals surface area contributed by atoms with Crippen LogP contribution in [0.2, 0.25) is 0 Å². The maximum absolute atomic E-state index is 10.9. The highest BCUT2D eigenvalue weighted by Crippen LogP contribution is 2.04. The van der Waals surface area contributed by atoms with Crippen LogP contribution in [0.25, 0.3) is 0 Å². The lowest BCUT2D eigenvalue weighted by Crippen LogP contribution is -2.12. The Bertz CT molecular complexity index is 510. The molecule has 0 unspecified atom stereocenters. The first-order valence-corrected chi connectivity index (χ1v) is 5.65. The van der Waals surface area contributed by atoms with E-state index in [4.69, 9.17) is 5.73 Å². The molecule has 0 radical (unpaired) electrons. The number of hydrogen-bond donors (Lipinski definition) is 2. The number of anilines is 1. The summed E-state index contributed by atoms with van der Waals surface area (Å²) in [6, 6.07) is 9.21.